The van der Waals surface area contributed by atoms with Gasteiger partial charge >= 0.3 is 5.95 Å². The fourth-order valence-corrected chi connectivity index (χ4v) is 0.859. The number of anilines is 1. The molecule has 1 aliphatic rings. The summed E-state index contributed by atoms with van der Waals surface area (Å²) in [6, 6.07) is 0. The third-order valence-corrected chi connectivity index (χ3v) is 1.53. The molecule has 0 radical (unpaired) electrons. The van der Waals surface area contributed by atoms with Gasteiger partial charge in [0.2, 0.25) is 0 Å². The Morgan fingerprint density at radius 2 is 2.36 bits per heavy atom. The molecule has 0 N–H and O–H groups in total. The first-order valence-corrected chi connectivity index (χ1v) is 3.46. The number of rotatable bonds is 1. The average Bonchev–Trinajstić information content (AvgIpc) is 2.76. The molecule has 1 aromatic heterocycles. The van der Waals surface area contributed by atoms with E-state index in [1.54, 1.807) is 0 Å². The summed E-state index contributed by atoms with van der Waals surface area (Å²) >= 11 is 0. The Morgan fingerprint density at radius 1 is 1.64 bits per heavy atom. The summed E-state index contributed by atoms with van der Waals surface area (Å²) in [5.41, 5.74) is 0.777. The number of hydrogen-bond acceptors (Lipinski definition) is 4. The lowest BCUT2D eigenvalue weighted by Gasteiger charge is -2.03. The van der Waals surface area contributed by atoms with Crippen LogP contribution in [0.1, 0.15) is 5.69 Å². The van der Waals surface area contributed by atoms with Crippen LogP contribution < -0.4 is 9.75 Å². The Balaban J connectivity index is 2.42. The van der Waals surface area contributed by atoms with Crippen LogP contribution in [0, 0.1) is 12.1 Å². The molecular weight excluding hydrogens is 144 g/mol. The summed E-state index contributed by atoms with van der Waals surface area (Å²) in [4.78, 5) is 6.47. The molecule has 0 unspecified atom stereocenters. The molecule has 58 valence electrons. The van der Waals surface area contributed by atoms with Gasteiger partial charge in [0.1, 0.15) is 11.9 Å². The monoisotopic (exact) mass is 152 g/mol. The highest BCUT2D eigenvalue weighted by Gasteiger charge is 2.30. The molecule has 0 aliphatic carbocycles. The third kappa shape index (κ3) is 1.09. The van der Waals surface area contributed by atoms with Gasteiger partial charge in [0.05, 0.1) is 13.1 Å². The van der Waals surface area contributed by atoms with Crippen molar-refractivity contribution in [2.45, 2.75) is 6.92 Å². The molecule has 1 saturated heterocycles. The van der Waals surface area contributed by atoms with E-state index in [1.165, 1.54) is 6.20 Å². The van der Waals surface area contributed by atoms with Crippen molar-refractivity contribution in [3.05, 3.63) is 17.1 Å². The minimum Gasteiger partial charge on any atom is -0.722 e. The van der Waals surface area contributed by atoms with Gasteiger partial charge in [-0.1, -0.05) is 4.98 Å². The first kappa shape index (κ1) is 6.33. The smallest absolute Gasteiger partial charge is 0.415 e. The summed E-state index contributed by atoms with van der Waals surface area (Å²) in [6.07, 6.45) is 1.46. The van der Waals surface area contributed by atoms with E-state index in [0.717, 1.165) is 18.8 Å². The predicted molar refractivity (Wildman–Crippen MR) is 37.9 cm³/mol. The maximum Gasteiger partial charge on any atom is 0.415 e. The molecule has 1 aliphatic heterocycles. The molecule has 0 amide bonds. The van der Waals surface area contributed by atoms with Gasteiger partial charge in [-0.25, -0.2) is 0 Å². The van der Waals surface area contributed by atoms with Crippen molar-refractivity contribution in [2.75, 3.05) is 18.0 Å². The second-order valence-corrected chi connectivity index (χ2v) is 2.56. The van der Waals surface area contributed by atoms with Gasteiger partial charge in [-0.15, -0.1) is 9.94 Å². The molecule has 11 heavy (non-hydrogen) atoms. The van der Waals surface area contributed by atoms with Crippen LogP contribution in [0.4, 0.5) is 5.95 Å². The largest absolute Gasteiger partial charge is 0.722 e. The SMILES string of the molecule is Cc1cn[n+]([O-])c(N2CC2)n1. The van der Waals surface area contributed by atoms with Gasteiger partial charge < -0.3 is 5.21 Å². The molecule has 5 heteroatoms. The molecule has 0 aromatic carbocycles. The summed E-state index contributed by atoms with van der Waals surface area (Å²) in [6.45, 7) is 3.65. The summed E-state index contributed by atoms with van der Waals surface area (Å²) in [5.74, 6) is 0.421. The maximum atomic E-state index is 11.0. The quantitative estimate of drug-likeness (QED) is 0.301. The maximum absolute atomic E-state index is 11.0. The molecule has 0 atom stereocenters. The molecule has 1 aromatic rings. The van der Waals surface area contributed by atoms with E-state index < -0.39 is 0 Å². The first-order chi connectivity index (χ1) is 5.27. The second kappa shape index (κ2) is 2.05. The van der Waals surface area contributed by atoms with Crippen LogP contribution in [-0.4, -0.2) is 23.2 Å². The van der Waals surface area contributed by atoms with E-state index in [9.17, 15) is 5.21 Å². The molecule has 2 rings (SSSR count). The third-order valence-electron chi connectivity index (χ3n) is 1.53. The van der Waals surface area contributed by atoms with E-state index in [2.05, 4.69) is 10.1 Å². The van der Waals surface area contributed by atoms with Gasteiger partial charge in [-0.3, -0.25) is 4.90 Å². The molecule has 1 fully saturated rings. The van der Waals surface area contributed by atoms with E-state index in [0.29, 0.717) is 10.8 Å². The molecule has 0 spiro atoms. The molecule has 5 nitrogen and oxygen atoms in total. The van der Waals surface area contributed by atoms with Crippen molar-refractivity contribution in [3.8, 4) is 0 Å². The van der Waals surface area contributed by atoms with Gasteiger partial charge in [0.25, 0.3) is 0 Å². The minimum atomic E-state index is 0.421. The standard InChI is InChI=1S/C6H8N4O/c1-5-4-7-10(11)6(8-5)9-2-3-9/h4H,2-3H2,1H3. The summed E-state index contributed by atoms with van der Waals surface area (Å²) in [5, 5.41) is 14.6. The van der Waals surface area contributed by atoms with Crippen LogP contribution in [0.25, 0.3) is 0 Å². The van der Waals surface area contributed by atoms with Gasteiger partial charge in [0, 0.05) is 0 Å². The Bertz CT molecular complexity index is 284. The topological polar surface area (TPSA) is 55.7 Å². The number of aromatic nitrogens is 3. The highest BCUT2D eigenvalue weighted by atomic mass is 16.5. The predicted octanol–water partition coefficient (Wildman–Crippen LogP) is -0.762. The van der Waals surface area contributed by atoms with Crippen molar-refractivity contribution in [3.63, 3.8) is 0 Å². The minimum absolute atomic E-state index is 0.421. The van der Waals surface area contributed by atoms with E-state index in [4.69, 9.17) is 0 Å². The zero-order chi connectivity index (χ0) is 7.84. The van der Waals surface area contributed by atoms with Crippen molar-refractivity contribution in [2.24, 2.45) is 0 Å². The Hall–Kier alpha value is -1.39. The fraction of sp³-hybridized carbons (Fsp3) is 0.500. The van der Waals surface area contributed by atoms with E-state index in [1.807, 2.05) is 11.8 Å². The van der Waals surface area contributed by atoms with E-state index >= 15 is 0 Å². The van der Waals surface area contributed by atoms with Crippen molar-refractivity contribution in [1.29, 1.82) is 0 Å². The van der Waals surface area contributed by atoms with Crippen LogP contribution in [0.5, 0.6) is 0 Å². The number of aryl methyl sites for hydroxylation is 1. The number of hydrogen-bond donors (Lipinski definition) is 0. The molecule has 0 bridgehead atoms. The lowest BCUT2D eigenvalue weighted by atomic mass is 10.5. The zero-order valence-electron chi connectivity index (χ0n) is 6.19. The van der Waals surface area contributed by atoms with Gasteiger partial charge in [-0.2, -0.15) is 0 Å². The van der Waals surface area contributed by atoms with E-state index in [-0.39, 0.29) is 0 Å². The zero-order valence-corrected chi connectivity index (χ0v) is 6.19. The summed E-state index contributed by atoms with van der Waals surface area (Å²) in [7, 11) is 0. The van der Waals surface area contributed by atoms with Crippen molar-refractivity contribution < 1.29 is 4.85 Å². The summed E-state index contributed by atoms with van der Waals surface area (Å²) < 4.78 is 0. The Kier molecular flexibility index (Phi) is 1.18. The van der Waals surface area contributed by atoms with Gasteiger partial charge in [-0.05, 0) is 6.92 Å². The Morgan fingerprint density at radius 3 is 3.00 bits per heavy atom. The van der Waals surface area contributed by atoms with Crippen LogP contribution in [-0.2, 0) is 0 Å². The lowest BCUT2D eigenvalue weighted by molar-refractivity contribution is -0.658. The van der Waals surface area contributed by atoms with Crippen molar-refractivity contribution >= 4 is 5.95 Å². The van der Waals surface area contributed by atoms with Crippen LogP contribution in [0.2, 0.25) is 0 Å². The van der Waals surface area contributed by atoms with Gasteiger partial charge in [0.15, 0.2) is 0 Å². The van der Waals surface area contributed by atoms with Crippen molar-refractivity contribution in [1.82, 2.24) is 10.1 Å². The first-order valence-electron chi connectivity index (χ1n) is 3.46. The molecule has 0 saturated carbocycles. The fourth-order valence-electron chi connectivity index (χ4n) is 0.859. The molecular formula is C6H8N4O. The second-order valence-electron chi connectivity index (χ2n) is 2.56. The lowest BCUT2D eigenvalue weighted by Crippen LogP contribution is -2.36. The normalized spacial score (nSPS) is 15.2. The van der Waals surface area contributed by atoms with Crippen LogP contribution >= 0.6 is 0 Å². The highest BCUT2D eigenvalue weighted by molar-refractivity contribution is 5.32. The van der Waals surface area contributed by atoms with Crippen LogP contribution in [0.15, 0.2) is 6.20 Å². The highest BCUT2D eigenvalue weighted by Crippen LogP contribution is 2.11. The van der Waals surface area contributed by atoms with Crippen LogP contribution in [0.3, 0.4) is 0 Å². The Labute approximate surface area is 63.9 Å². The molecule has 2 heterocycles. The number of nitrogens with zero attached hydrogens (tertiary/aromatic N) is 4. The average molecular weight is 152 g/mol.